The summed E-state index contributed by atoms with van der Waals surface area (Å²) in [7, 11) is 3.46. The Labute approximate surface area is 148 Å². The van der Waals surface area contributed by atoms with Gasteiger partial charge in [-0.05, 0) is 18.9 Å². The van der Waals surface area contributed by atoms with Crippen LogP contribution in [0.1, 0.15) is 30.1 Å². The summed E-state index contributed by atoms with van der Waals surface area (Å²) in [5, 5.41) is 3.52. The highest BCUT2D eigenvalue weighted by atomic mass is 16.5. The number of benzene rings is 1. The Kier molecular flexibility index (Phi) is 5.71. The summed E-state index contributed by atoms with van der Waals surface area (Å²) in [6, 6.07) is 7.86. The number of aryl methyl sites for hydroxylation is 1. The number of para-hydroxylation sites is 1. The molecule has 3 rings (SSSR count). The molecule has 25 heavy (non-hydrogen) atoms. The molecule has 0 fully saturated rings. The van der Waals surface area contributed by atoms with Crippen LogP contribution in [0, 0.1) is 0 Å². The first-order chi connectivity index (χ1) is 12.1. The van der Waals surface area contributed by atoms with Crippen molar-refractivity contribution in [3.63, 3.8) is 0 Å². The summed E-state index contributed by atoms with van der Waals surface area (Å²) in [6.45, 7) is 2.73. The largest absolute Gasteiger partial charge is 0.483 e. The van der Waals surface area contributed by atoms with Gasteiger partial charge < -0.3 is 19.5 Å². The van der Waals surface area contributed by atoms with E-state index in [4.69, 9.17) is 4.74 Å². The summed E-state index contributed by atoms with van der Waals surface area (Å²) in [4.78, 5) is 17.8. The number of likely N-dealkylation sites (N-methyl/N-ethyl adjacent to an activating group) is 1. The molecular formula is C19H26N4O2. The minimum absolute atomic E-state index is 0.0446. The summed E-state index contributed by atoms with van der Waals surface area (Å²) < 4.78 is 7.95. The van der Waals surface area contributed by atoms with Crippen molar-refractivity contribution in [1.29, 1.82) is 0 Å². The van der Waals surface area contributed by atoms with Crippen LogP contribution in [-0.2, 0) is 17.9 Å². The minimum atomic E-state index is -0.0446. The van der Waals surface area contributed by atoms with E-state index in [0.717, 1.165) is 24.4 Å². The van der Waals surface area contributed by atoms with Gasteiger partial charge in [-0.15, -0.1) is 0 Å². The molecule has 1 aliphatic heterocycles. The third-order valence-corrected chi connectivity index (χ3v) is 4.59. The Balaban J connectivity index is 1.55. The molecule has 1 aliphatic rings. The Morgan fingerprint density at radius 2 is 2.24 bits per heavy atom. The lowest BCUT2D eigenvalue weighted by Crippen LogP contribution is -2.28. The fourth-order valence-corrected chi connectivity index (χ4v) is 3.14. The average Bonchev–Trinajstić information content (AvgIpc) is 3.10. The number of nitrogens with one attached hydrogen (secondary N) is 1. The smallest absolute Gasteiger partial charge is 0.259 e. The lowest BCUT2D eigenvalue weighted by atomic mass is 9.99. The molecule has 0 radical (unpaired) electrons. The molecule has 134 valence electrons. The second-order valence-corrected chi connectivity index (χ2v) is 6.63. The molecule has 0 bridgehead atoms. The maximum Gasteiger partial charge on any atom is 0.259 e. The van der Waals surface area contributed by atoms with Crippen molar-refractivity contribution in [2.75, 3.05) is 27.2 Å². The van der Waals surface area contributed by atoms with Crippen molar-refractivity contribution < 1.29 is 9.53 Å². The molecule has 1 atom stereocenters. The van der Waals surface area contributed by atoms with Crippen LogP contribution < -0.4 is 10.1 Å². The molecule has 1 aromatic heterocycles. The number of hydrogen-bond acceptors (Lipinski definition) is 4. The van der Waals surface area contributed by atoms with E-state index >= 15 is 0 Å². The molecule has 1 unspecified atom stereocenters. The average molecular weight is 342 g/mol. The van der Waals surface area contributed by atoms with Gasteiger partial charge in [-0.3, -0.25) is 4.79 Å². The number of ether oxygens (including phenoxy) is 1. The Morgan fingerprint density at radius 3 is 3.08 bits per heavy atom. The van der Waals surface area contributed by atoms with Gasteiger partial charge in [0.2, 0.25) is 0 Å². The predicted molar refractivity (Wildman–Crippen MR) is 96.5 cm³/mol. The Hall–Kier alpha value is -2.34. The third-order valence-electron chi connectivity index (χ3n) is 4.59. The number of carbonyl (C=O) groups is 1. The van der Waals surface area contributed by atoms with E-state index in [1.54, 1.807) is 14.1 Å². The first-order valence-corrected chi connectivity index (χ1v) is 8.77. The van der Waals surface area contributed by atoms with Gasteiger partial charge in [0.1, 0.15) is 11.6 Å². The highest BCUT2D eigenvalue weighted by Gasteiger charge is 2.20. The van der Waals surface area contributed by atoms with Crippen LogP contribution in [0.5, 0.6) is 5.75 Å². The van der Waals surface area contributed by atoms with Crippen LogP contribution in [0.3, 0.4) is 0 Å². The second kappa shape index (κ2) is 8.16. The Bertz CT molecular complexity index is 711. The second-order valence-electron chi connectivity index (χ2n) is 6.63. The maximum absolute atomic E-state index is 11.7. The van der Waals surface area contributed by atoms with Gasteiger partial charge in [0.05, 0.1) is 0 Å². The van der Waals surface area contributed by atoms with Crippen LogP contribution in [-0.4, -0.2) is 47.6 Å². The van der Waals surface area contributed by atoms with Gasteiger partial charge in [-0.2, -0.15) is 0 Å². The molecule has 1 amide bonds. The van der Waals surface area contributed by atoms with Gasteiger partial charge in [0.25, 0.3) is 5.91 Å². The maximum atomic E-state index is 11.7. The number of amides is 1. The van der Waals surface area contributed by atoms with Crippen molar-refractivity contribution in [3.05, 3.63) is 48.0 Å². The monoisotopic (exact) mass is 342 g/mol. The molecule has 6 nitrogen and oxygen atoms in total. The topological polar surface area (TPSA) is 59.4 Å². The first-order valence-electron chi connectivity index (χ1n) is 8.77. The van der Waals surface area contributed by atoms with E-state index in [-0.39, 0.29) is 12.5 Å². The SMILES string of the molecule is CN(C)C(=O)COc1ccccc1CNCC1CCCn2ccnc21. The zero-order valence-corrected chi connectivity index (χ0v) is 14.9. The van der Waals surface area contributed by atoms with Crippen molar-refractivity contribution in [2.45, 2.75) is 31.8 Å². The van der Waals surface area contributed by atoms with E-state index < -0.39 is 0 Å². The molecule has 2 heterocycles. The highest BCUT2D eigenvalue weighted by Crippen LogP contribution is 2.25. The number of hydrogen-bond donors (Lipinski definition) is 1. The van der Waals surface area contributed by atoms with Crippen LogP contribution in [0.4, 0.5) is 0 Å². The first kappa shape index (κ1) is 17.5. The standard InChI is InChI=1S/C19H26N4O2/c1-22(2)18(24)14-25-17-8-4-3-6-15(17)12-20-13-16-7-5-10-23-11-9-21-19(16)23/h3-4,6,8-9,11,16,20H,5,7,10,12-14H2,1-2H3. The summed E-state index contributed by atoms with van der Waals surface area (Å²) in [5.74, 6) is 2.35. The predicted octanol–water partition coefficient (Wildman–Crippen LogP) is 2.02. The van der Waals surface area contributed by atoms with E-state index in [2.05, 4.69) is 21.1 Å². The lowest BCUT2D eigenvalue weighted by Gasteiger charge is -2.24. The van der Waals surface area contributed by atoms with Crippen molar-refractivity contribution >= 4 is 5.91 Å². The van der Waals surface area contributed by atoms with E-state index in [0.29, 0.717) is 12.5 Å². The van der Waals surface area contributed by atoms with Gasteiger partial charge in [0, 0.05) is 57.6 Å². The molecule has 2 aromatic rings. The van der Waals surface area contributed by atoms with Crippen LogP contribution in [0.15, 0.2) is 36.7 Å². The number of nitrogens with zero attached hydrogens (tertiary/aromatic N) is 3. The minimum Gasteiger partial charge on any atom is -0.483 e. The zero-order valence-electron chi connectivity index (χ0n) is 14.9. The molecule has 1 N–H and O–H groups in total. The normalized spacial score (nSPS) is 16.3. The molecule has 6 heteroatoms. The Morgan fingerprint density at radius 1 is 1.40 bits per heavy atom. The van der Waals surface area contributed by atoms with Gasteiger partial charge in [0.15, 0.2) is 6.61 Å². The van der Waals surface area contributed by atoms with Crippen molar-refractivity contribution in [3.8, 4) is 5.75 Å². The highest BCUT2D eigenvalue weighted by molar-refractivity contribution is 5.77. The van der Waals surface area contributed by atoms with E-state index in [1.165, 1.54) is 23.6 Å². The summed E-state index contributed by atoms with van der Waals surface area (Å²) in [6.07, 6.45) is 6.31. The van der Waals surface area contributed by atoms with E-state index in [9.17, 15) is 4.79 Å². The lowest BCUT2D eigenvalue weighted by molar-refractivity contribution is -0.130. The summed E-state index contributed by atoms with van der Waals surface area (Å²) >= 11 is 0. The number of fused-ring (bicyclic) bond motifs is 1. The fraction of sp³-hybridized carbons (Fsp3) is 0.474. The van der Waals surface area contributed by atoms with E-state index in [1.807, 2.05) is 30.5 Å². The molecular weight excluding hydrogens is 316 g/mol. The van der Waals surface area contributed by atoms with Crippen molar-refractivity contribution in [1.82, 2.24) is 19.8 Å². The fourth-order valence-electron chi connectivity index (χ4n) is 3.14. The number of aromatic nitrogens is 2. The number of carbonyl (C=O) groups excluding carboxylic acids is 1. The van der Waals surface area contributed by atoms with Gasteiger partial charge in [-0.1, -0.05) is 18.2 Å². The molecule has 0 saturated carbocycles. The van der Waals surface area contributed by atoms with Crippen molar-refractivity contribution in [2.24, 2.45) is 0 Å². The molecule has 0 spiro atoms. The molecule has 0 saturated heterocycles. The quantitative estimate of drug-likeness (QED) is 0.836. The van der Waals surface area contributed by atoms with Gasteiger partial charge in [-0.25, -0.2) is 4.98 Å². The number of rotatable bonds is 7. The summed E-state index contributed by atoms with van der Waals surface area (Å²) in [5.41, 5.74) is 1.06. The molecule has 1 aromatic carbocycles. The number of imidazole rings is 1. The van der Waals surface area contributed by atoms with Crippen LogP contribution in [0.25, 0.3) is 0 Å². The van der Waals surface area contributed by atoms with Crippen LogP contribution >= 0.6 is 0 Å². The zero-order chi connectivity index (χ0) is 17.6. The van der Waals surface area contributed by atoms with Gasteiger partial charge >= 0.3 is 0 Å². The van der Waals surface area contributed by atoms with Crippen LogP contribution in [0.2, 0.25) is 0 Å². The molecule has 0 aliphatic carbocycles. The third kappa shape index (κ3) is 4.39.